The summed E-state index contributed by atoms with van der Waals surface area (Å²) < 4.78 is -6.24. The van der Waals surface area contributed by atoms with Crippen molar-refractivity contribution in [1.82, 2.24) is 0 Å². The van der Waals surface area contributed by atoms with Crippen molar-refractivity contribution in [2.75, 3.05) is 0 Å². The molecule has 0 amide bonds. The average molecular weight is 390 g/mol. The van der Waals surface area contributed by atoms with Gasteiger partial charge in [-0.1, -0.05) is 105 Å². The molecule has 1 radical (unpaired) electrons. The van der Waals surface area contributed by atoms with E-state index in [0.717, 1.165) is 0 Å². The average Bonchev–Trinajstić information content (AvgIpc) is 2.27. The summed E-state index contributed by atoms with van der Waals surface area (Å²) in [4.78, 5) is 0. The van der Waals surface area contributed by atoms with Crippen molar-refractivity contribution in [2.45, 2.75) is 19.1 Å². The molecule has 0 aliphatic rings. The monoisotopic (exact) mass is 387 g/mol. The van der Waals surface area contributed by atoms with Crippen LogP contribution in [-0.2, 0) is 16.0 Å². The lowest BCUT2D eigenvalue weighted by atomic mass is 10.0. The third-order valence-electron chi connectivity index (χ3n) is 2.26. The maximum absolute atomic E-state index is 11.1. The molecule has 1 rings (SSSR count). The number of halogens is 7. The van der Waals surface area contributed by atoms with Crippen LogP contribution in [0.2, 0.25) is 0 Å². The van der Waals surface area contributed by atoms with Gasteiger partial charge in [0.05, 0.1) is 0 Å². The van der Waals surface area contributed by atoms with Gasteiger partial charge in [-0.2, -0.15) is 0 Å². The number of alkyl halides is 7. The van der Waals surface area contributed by atoms with Crippen LogP contribution in [0.1, 0.15) is 11.1 Å². The molecule has 0 spiro atoms. The van der Waals surface area contributed by atoms with Gasteiger partial charge < -0.3 is 0 Å². The standard InChI is InChI=1S/C10H6Cl7O/c11-8(12,9(13,14)10(15,16)17)7-4-2-1-3-6(7)5-18/h1-4H,5H2. The molecule has 0 fully saturated rings. The maximum atomic E-state index is 11.1. The molecule has 0 aromatic heterocycles. The van der Waals surface area contributed by atoms with E-state index in [4.69, 9.17) is 81.2 Å². The van der Waals surface area contributed by atoms with E-state index in [0.29, 0.717) is 5.56 Å². The van der Waals surface area contributed by atoms with Gasteiger partial charge in [-0.15, -0.1) is 0 Å². The predicted octanol–water partition coefficient (Wildman–Crippen LogP) is 5.79. The SMILES string of the molecule is [O]Cc1ccccc1C(Cl)(Cl)C(Cl)(Cl)C(Cl)(Cl)Cl. The summed E-state index contributed by atoms with van der Waals surface area (Å²) in [5.74, 6) is 0. The number of benzene rings is 1. The first-order valence-electron chi connectivity index (χ1n) is 4.54. The highest BCUT2D eigenvalue weighted by atomic mass is 35.6. The molecular weight excluding hydrogens is 384 g/mol. The summed E-state index contributed by atoms with van der Waals surface area (Å²) in [6.07, 6.45) is 0. The van der Waals surface area contributed by atoms with Gasteiger partial charge in [-0.3, -0.25) is 0 Å². The van der Waals surface area contributed by atoms with Gasteiger partial charge in [0.2, 0.25) is 8.13 Å². The minimum atomic E-state index is -2.14. The Morgan fingerprint density at radius 2 is 1.39 bits per heavy atom. The Morgan fingerprint density at radius 1 is 0.889 bits per heavy atom. The fourth-order valence-electron chi connectivity index (χ4n) is 1.30. The van der Waals surface area contributed by atoms with E-state index in [1.54, 1.807) is 18.2 Å². The van der Waals surface area contributed by atoms with Gasteiger partial charge in [0.1, 0.15) is 6.61 Å². The number of hydrogen-bond donors (Lipinski definition) is 0. The summed E-state index contributed by atoms with van der Waals surface area (Å²) >= 11 is 41.2. The van der Waals surface area contributed by atoms with Gasteiger partial charge >= 0.3 is 0 Å². The molecule has 0 bridgehead atoms. The van der Waals surface area contributed by atoms with E-state index in [1.165, 1.54) is 6.07 Å². The quantitative estimate of drug-likeness (QED) is 0.582. The molecule has 0 unspecified atom stereocenters. The van der Waals surface area contributed by atoms with Gasteiger partial charge in [0.15, 0.2) is 4.33 Å². The van der Waals surface area contributed by atoms with E-state index >= 15 is 0 Å². The van der Waals surface area contributed by atoms with Crippen LogP contribution in [0.4, 0.5) is 0 Å². The lowest BCUT2D eigenvalue weighted by Crippen LogP contribution is -2.45. The molecule has 0 saturated carbocycles. The smallest absolute Gasteiger partial charge is 0.226 e. The van der Waals surface area contributed by atoms with Crippen LogP contribution in [0, 0.1) is 0 Å². The van der Waals surface area contributed by atoms with E-state index in [2.05, 4.69) is 0 Å². The fourth-order valence-corrected chi connectivity index (χ4v) is 2.87. The zero-order valence-electron chi connectivity index (χ0n) is 8.57. The highest BCUT2D eigenvalue weighted by molar-refractivity contribution is 6.78. The molecule has 0 heterocycles. The summed E-state index contributed by atoms with van der Waals surface area (Å²) in [5.41, 5.74) is 0.530. The first kappa shape index (κ1) is 17.3. The van der Waals surface area contributed by atoms with Gasteiger partial charge in [0.25, 0.3) is 0 Å². The summed E-state index contributed by atoms with van der Waals surface area (Å²) in [6.45, 7) is -0.554. The lowest BCUT2D eigenvalue weighted by molar-refractivity contribution is 0.176. The molecule has 8 heteroatoms. The number of hydrogen-bond acceptors (Lipinski definition) is 0. The van der Waals surface area contributed by atoms with Crippen LogP contribution in [0.15, 0.2) is 24.3 Å². The minimum absolute atomic E-state index is 0.208. The molecule has 1 aromatic rings. The van der Waals surface area contributed by atoms with Crippen molar-refractivity contribution in [3.63, 3.8) is 0 Å². The lowest BCUT2D eigenvalue weighted by Gasteiger charge is -2.38. The second kappa shape index (κ2) is 5.91. The molecule has 0 aliphatic heterocycles. The zero-order valence-corrected chi connectivity index (χ0v) is 13.9. The summed E-state index contributed by atoms with van der Waals surface area (Å²) in [6, 6.07) is 6.32. The van der Waals surface area contributed by atoms with Crippen LogP contribution in [0.3, 0.4) is 0 Å². The summed E-state index contributed by atoms with van der Waals surface area (Å²) in [7, 11) is 0. The molecule has 1 aromatic carbocycles. The molecule has 0 atom stereocenters. The Bertz CT molecular complexity index is 424. The zero-order chi connectivity index (χ0) is 14.2. The van der Waals surface area contributed by atoms with Crippen LogP contribution < -0.4 is 0 Å². The van der Waals surface area contributed by atoms with E-state index < -0.39 is 19.1 Å². The molecule has 0 saturated heterocycles. The topological polar surface area (TPSA) is 19.9 Å². The van der Waals surface area contributed by atoms with Crippen LogP contribution >= 0.6 is 81.2 Å². The van der Waals surface area contributed by atoms with Crippen molar-refractivity contribution in [2.24, 2.45) is 0 Å². The second-order valence-corrected chi connectivity index (χ2v) is 8.38. The van der Waals surface area contributed by atoms with Gasteiger partial charge in [-0.05, 0) is 11.1 Å². The van der Waals surface area contributed by atoms with Gasteiger partial charge in [0, 0.05) is 0 Å². The first-order valence-corrected chi connectivity index (χ1v) is 7.19. The fraction of sp³-hybridized carbons (Fsp3) is 0.400. The van der Waals surface area contributed by atoms with Crippen LogP contribution in [0.5, 0.6) is 0 Å². The van der Waals surface area contributed by atoms with Crippen molar-refractivity contribution in [1.29, 1.82) is 0 Å². The van der Waals surface area contributed by atoms with Crippen LogP contribution in [-0.4, -0.2) is 8.13 Å². The van der Waals surface area contributed by atoms with Crippen molar-refractivity contribution in [3.8, 4) is 0 Å². The van der Waals surface area contributed by atoms with E-state index in [9.17, 15) is 5.11 Å². The van der Waals surface area contributed by atoms with Gasteiger partial charge in [-0.25, -0.2) is 5.11 Å². The molecule has 18 heavy (non-hydrogen) atoms. The number of rotatable bonds is 3. The molecular formula is C10H6Cl7O. The third kappa shape index (κ3) is 3.10. The largest absolute Gasteiger partial charge is 0.232 e. The van der Waals surface area contributed by atoms with E-state index in [1.807, 2.05) is 0 Å². The van der Waals surface area contributed by atoms with E-state index in [-0.39, 0.29) is 5.56 Å². The Labute approximate surface area is 140 Å². The molecule has 1 nitrogen and oxygen atoms in total. The maximum Gasteiger partial charge on any atom is 0.226 e. The Hall–Kier alpha value is 1.21. The highest BCUT2D eigenvalue weighted by Gasteiger charge is 2.61. The second-order valence-electron chi connectivity index (χ2n) is 3.45. The Balaban J connectivity index is 3.37. The first-order chi connectivity index (χ1) is 8.05. The van der Waals surface area contributed by atoms with Crippen LogP contribution in [0.25, 0.3) is 0 Å². The molecule has 101 valence electrons. The van der Waals surface area contributed by atoms with Crippen molar-refractivity contribution >= 4 is 81.2 Å². The highest BCUT2D eigenvalue weighted by Crippen LogP contribution is 2.60. The minimum Gasteiger partial charge on any atom is -0.232 e. The Kier molecular flexibility index (Phi) is 5.67. The molecule has 0 aliphatic carbocycles. The third-order valence-corrected chi connectivity index (χ3v) is 6.19. The predicted molar refractivity (Wildman–Crippen MR) is 78.9 cm³/mol. The van der Waals surface area contributed by atoms with Crippen molar-refractivity contribution < 1.29 is 5.11 Å². The van der Waals surface area contributed by atoms with Crippen molar-refractivity contribution in [3.05, 3.63) is 35.4 Å². The summed E-state index contributed by atoms with van der Waals surface area (Å²) in [5, 5.41) is 11.1. The Morgan fingerprint density at radius 3 is 1.83 bits per heavy atom. The normalized spacial score (nSPS) is 13.8. The molecule has 0 N–H and O–H groups in total.